The molecule has 0 bridgehead atoms. The van der Waals surface area contributed by atoms with Crippen LogP contribution in [-0.4, -0.2) is 28.6 Å². The van der Waals surface area contributed by atoms with Crippen molar-refractivity contribution in [3.63, 3.8) is 0 Å². The zero-order valence-corrected chi connectivity index (χ0v) is 16.4. The van der Waals surface area contributed by atoms with E-state index < -0.39 is 0 Å². The minimum absolute atomic E-state index is 0.207. The molecule has 1 aliphatic rings. The molecule has 0 unspecified atom stereocenters. The van der Waals surface area contributed by atoms with Crippen LogP contribution in [0.5, 0.6) is 0 Å². The number of benzene rings is 2. The van der Waals surface area contributed by atoms with Gasteiger partial charge in [-0.2, -0.15) is 0 Å². The van der Waals surface area contributed by atoms with E-state index in [0.717, 1.165) is 4.90 Å². The summed E-state index contributed by atoms with van der Waals surface area (Å²) in [4.78, 5) is 53.4. The van der Waals surface area contributed by atoms with Crippen molar-refractivity contribution in [1.29, 1.82) is 0 Å². The Hall–Kier alpha value is -3.85. The van der Waals surface area contributed by atoms with Crippen molar-refractivity contribution in [2.45, 2.75) is 12.8 Å². The highest BCUT2D eigenvalue weighted by Gasteiger charge is 2.30. The number of amides is 4. The molecule has 0 spiro atoms. The minimum Gasteiger partial charge on any atom is -0.322 e. The quantitative estimate of drug-likeness (QED) is 0.616. The minimum atomic E-state index is -0.347. The number of carbonyl (C=O) groups excluding carboxylic acids is 4. The molecule has 8 nitrogen and oxygen atoms in total. The summed E-state index contributed by atoms with van der Waals surface area (Å²) in [6, 6.07) is 12.7. The van der Waals surface area contributed by atoms with E-state index in [4.69, 9.17) is 0 Å². The summed E-state index contributed by atoms with van der Waals surface area (Å²) in [5.41, 5.74) is 1.80. The molecule has 1 fully saturated rings. The van der Waals surface area contributed by atoms with E-state index in [1.165, 1.54) is 11.3 Å². The van der Waals surface area contributed by atoms with Crippen molar-refractivity contribution < 1.29 is 19.2 Å². The number of hydrogen-bond acceptors (Lipinski definition) is 6. The summed E-state index contributed by atoms with van der Waals surface area (Å²) in [5, 5.41) is 7.71. The number of nitrogens with zero attached hydrogens (tertiary/aromatic N) is 2. The van der Waals surface area contributed by atoms with Crippen LogP contribution in [0.3, 0.4) is 0 Å². The van der Waals surface area contributed by atoms with Crippen LogP contribution in [0.15, 0.2) is 60.1 Å². The van der Waals surface area contributed by atoms with Crippen molar-refractivity contribution >= 4 is 51.5 Å². The van der Waals surface area contributed by atoms with E-state index in [9.17, 15) is 19.2 Å². The smallest absolute Gasteiger partial charge is 0.257 e. The fourth-order valence-corrected chi connectivity index (χ4v) is 3.51. The highest BCUT2D eigenvalue weighted by atomic mass is 32.1. The molecule has 0 saturated carbocycles. The molecule has 2 aromatic carbocycles. The molecule has 4 amide bonds. The Labute approximate surface area is 175 Å². The van der Waals surface area contributed by atoms with Gasteiger partial charge in [0.05, 0.1) is 5.69 Å². The first-order valence-electron chi connectivity index (χ1n) is 9.09. The number of rotatable bonds is 5. The third kappa shape index (κ3) is 4.11. The summed E-state index contributed by atoms with van der Waals surface area (Å²) in [6.45, 7) is 0. The van der Waals surface area contributed by atoms with Gasteiger partial charge in [-0.3, -0.25) is 29.4 Å². The second-order valence-corrected chi connectivity index (χ2v) is 7.39. The lowest BCUT2D eigenvalue weighted by atomic mass is 10.1. The third-order valence-electron chi connectivity index (χ3n) is 4.50. The average molecular weight is 420 g/mol. The second-order valence-electron chi connectivity index (χ2n) is 6.49. The summed E-state index contributed by atoms with van der Waals surface area (Å²) in [5.74, 6) is -1.11. The molecule has 1 aromatic heterocycles. The van der Waals surface area contributed by atoms with E-state index in [1.54, 1.807) is 60.1 Å². The fraction of sp³-hybridized carbons (Fsp3) is 0.0952. The first kappa shape index (κ1) is 19.5. The highest BCUT2D eigenvalue weighted by molar-refractivity contribution is 7.13. The van der Waals surface area contributed by atoms with Crippen LogP contribution in [0.4, 0.5) is 16.5 Å². The average Bonchev–Trinajstić information content (AvgIpc) is 3.38. The van der Waals surface area contributed by atoms with E-state index in [0.29, 0.717) is 27.6 Å². The van der Waals surface area contributed by atoms with E-state index in [1.807, 2.05) is 0 Å². The molecule has 150 valence electrons. The standard InChI is InChI=1S/C21H16N4O4S/c26-17-9-10-18(27)25(17)16-7-3-14(4-8-16)19(28)23-15-5-1-13(2-6-15)20(29)24-21-22-11-12-30-21/h1-8,11-12H,9-10H2,(H,23,28)(H,22,24,29). The van der Waals surface area contributed by atoms with Crippen LogP contribution < -0.4 is 15.5 Å². The number of nitrogens with one attached hydrogen (secondary N) is 2. The van der Waals surface area contributed by atoms with Crippen LogP contribution >= 0.6 is 11.3 Å². The first-order chi connectivity index (χ1) is 14.5. The maximum Gasteiger partial charge on any atom is 0.257 e. The zero-order valence-electron chi connectivity index (χ0n) is 15.6. The van der Waals surface area contributed by atoms with Gasteiger partial charge >= 0.3 is 0 Å². The van der Waals surface area contributed by atoms with Gasteiger partial charge in [0.15, 0.2) is 5.13 Å². The van der Waals surface area contributed by atoms with Crippen LogP contribution in [0, 0.1) is 0 Å². The Bertz CT molecular complexity index is 1090. The number of imide groups is 1. The van der Waals surface area contributed by atoms with Crippen molar-refractivity contribution in [1.82, 2.24) is 4.98 Å². The molecule has 1 saturated heterocycles. The van der Waals surface area contributed by atoms with Gasteiger partial charge in [-0.15, -0.1) is 11.3 Å². The first-order valence-corrected chi connectivity index (χ1v) is 9.97. The molecule has 3 aromatic rings. The van der Waals surface area contributed by atoms with Gasteiger partial charge < -0.3 is 5.32 Å². The predicted octanol–water partition coefficient (Wildman–Crippen LogP) is 3.30. The zero-order chi connectivity index (χ0) is 21.1. The van der Waals surface area contributed by atoms with Crippen molar-refractivity contribution in [2.75, 3.05) is 15.5 Å². The number of thiazole rings is 1. The normalized spacial score (nSPS) is 13.4. The van der Waals surface area contributed by atoms with Gasteiger partial charge in [-0.05, 0) is 48.5 Å². The van der Waals surface area contributed by atoms with Gasteiger partial charge in [0.25, 0.3) is 11.8 Å². The summed E-state index contributed by atoms with van der Waals surface area (Å²) in [7, 11) is 0. The van der Waals surface area contributed by atoms with Crippen LogP contribution in [0.2, 0.25) is 0 Å². The molecule has 0 aliphatic carbocycles. The third-order valence-corrected chi connectivity index (χ3v) is 5.19. The highest BCUT2D eigenvalue weighted by Crippen LogP contribution is 2.23. The lowest BCUT2D eigenvalue weighted by molar-refractivity contribution is -0.121. The second kappa shape index (κ2) is 8.26. The Balaban J connectivity index is 1.39. The Morgan fingerprint density at radius 1 is 0.833 bits per heavy atom. The fourth-order valence-electron chi connectivity index (χ4n) is 2.99. The number of aromatic nitrogens is 1. The molecule has 2 heterocycles. The van der Waals surface area contributed by atoms with Crippen LogP contribution in [0.25, 0.3) is 0 Å². The van der Waals surface area contributed by atoms with E-state index in [2.05, 4.69) is 15.6 Å². The Kier molecular flexibility index (Phi) is 5.36. The van der Waals surface area contributed by atoms with Gasteiger partial charge in [0.2, 0.25) is 11.8 Å². The monoisotopic (exact) mass is 420 g/mol. The topological polar surface area (TPSA) is 108 Å². The van der Waals surface area contributed by atoms with Crippen LogP contribution in [0.1, 0.15) is 33.6 Å². The summed E-state index contributed by atoms with van der Waals surface area (Å²) < 4.78 is 0. The van der Waals surface area contributed by atoms with Gasteiger partial charge in [0.1, 0.15) is 0 Å². The molecular weight excluding hydrogens is 404 g/mol. The lowest BCUT2D eigenvalue weighted by Crippen LogP contribution is -2.28. The molecule has 1 aliphatic heterocycles. The summed E-state index contributed by atoms with van der Waals surface area (Å²) in [6.07, 6.45) is 2.02. The molecule has 9 heteroatoms. The van der Waals surface area contributed by atoms with E-state index in [-0.39, 0.29) is 36.5 Å². The SMILES string of the molecule is O=C(Nc1ccc(C(=O)Nc2nccs2)cc1)c1ccc(N2C(=O)CCC2=O)cc1. The van der Waals surface area contributed by atoms with Crippen molar-refractivity contribution in [3.05, 3.63) is 71.2 Å². The summed E-state index contributed by atoms with van der Waals surface area (Å²) >= 11 is 1.32. The largest absolute Gasteiger partial charge is 0.322 e. The molecular formula is C21H16N4O4S. The molecule has 2 N–H and O–H groups in total. The van der Waals surface area contributed by atoms with Gasteiger partial charge in [0, 0.05) is 41.2 Å². The van der Waals surface area contributed by atoms with Crippen molar-refractivity contribution in [2.24, 2.45) is 0 Å². The van der Waals surface area contributed by atoms with Gasteiger partial charge in [-0.1, -0.05) is 0 Å². The lowest BCUT2D eigenvalue weighted by Gasteiger charge is -2.14. The van der Waals surface area contributed by atoms with Gasteiger partial charge in [-0.25, -0.2) is 4.98 Å². The van der Waals surface area contributed by atoms with Crippen molar-refractivity contribution in [3.8, 4) is 0 Å². The number of hydrogen-bond donors (Lipinski definition) is 2. The maximum absolute atomic E-state index is 12.5. The number of carbonyl (C=O) groups is 4. The van der Waals surface area contributed by atoms with E-state index >= 15 is 0 Å². The molecule has 0 atom stereocenters. The molecule has 30 heavy (non-hydrogen) atoms. The Morgan fingerprint density at radius 3 is 1.97 bits per heavy atom. The molecule has 0 radical (unpaired) electrons. The number of anilines is 3. The Morgan fingerprint density at radius 2 is 1.40 bits per heavy atom. The maximum atomic E-state index is 12.5. The predicted molar refractivity (Wildman–Crippen MR) is 113 cm³/mol. The van der Waals surface area contributed by atoms with Crippen LogP contribution in [-0.2, 0) is 9.59 Å². The molecule has 4 rings (SSSR count).